The third kappa shape index (κ3) is 6.60. The second-order valence-corrected chi connectivity index (χ2v) is 10.7. The molecule has 8 heteroatoms. The molecule has 5 rings (SSSR count). The molecule has 0 spiro atoms. The molecule has 0 saturated carbocycles. The molecular weight excluding hydrogens is 499 g/mol. The molecule has 0 radical (unpaired) electrons. The van der Waals surface area contributed by atoms with Gasteiger partial charge in [-0.3, -0.25) is 14.5 Å². The smallest absolute Gasteiger partial charge is 0.304 e. The zero-order valence-corrected chi connectivity index (χ0v) is 22.1. The Kier molecular flexibility index (Phi) is 9.29. The Balaban J connectivity index is 0.000000375. The molecule has 0 aromatic heterocycles. The van der Waals surface area contributed by atoms with Gasteiger partial charge in [0.2, 0.25) is 5.91 Å². The predicted octanol–water partition coefficient (Wildman–Crippen LogP) is 5.69. The van der Waals surface area contributed by atoms with E-state index in [2.05, 4.69) is 11.8 Å². The first-order valence-electron chi connectivity index (χ1n) is 12.7. The monoisotopic (exact) mass is 532 g/mol. The van der Waals surface area contributed by atoms with E-state index in [-0.39, 0.29) is 24.4 Å². The number of benzene rings is 2. The molecule has 3 fully saturated rings. The van der Waals surface area contributed by atoms with E-state index in [9.17, 15) is 14.7 Å². The fourth-order valence-electron chi connectivity index (χ4n) is 5.63. The van der Waals surface area contributed by atoms with Gasteiger partial charge in [0, 0.05) is 41.1 Å². The molecule has 3 heterocycles. The molecule has 194 valence electrons. The van der Waals surface area contributed by atoms with Crippen molar-refractivity contribution < 1.29 is 19.4 Å². The Morgan fingerprint density at radius 2 is 1.78 bits per heavy atom. The number of hydrogen-bond acceptors (Lipinski definition) is 4. The highest BCUT2D eigenvalue weighted by molar-refractivity contribution is 6.30. The summed E-state index contributed by atoms with van der Waals surface area (Å²) in [5.41, 5.74) is 1.07. The number of morpholine rings is 1. The number of likely N-dealkylation sites (tertiary alicyclic amines) is 2. The second-order valence-electron chi connectivity index (χ2n) is 9.84. The summed E-state index contributed by atoms with van der Waals surface area (Å²) in [5, 5.41) is 10.7. The number of carboxylic acid groups (broad SMARTS) is 1. The van der Waals surface area contributed by atoms with Crippen molar-refractivity contribution >= 4 is 35.1 Å². The van der Waals surface area contributed by atoms with Gasteiger partial charge in [-0.05, 0) is 55.5 Å². The number of carbonyl (C=O) groups excluding carboxylic acids is 1. The average Bonchev–Trinajstić information content (AvgIpc) is 3.49. The highest BCUT2D eigenvalue weighted by Crippen LogP contribution is 2.39. The van der Waals surface area contributed by atoms with Gasteiger partial charge in [0.05, 0.1) is 25.2 Å². The van der Waals surface area contributed by atoms with Crippen LogP contribution in [0.1, 0.15) is 50.6 Å². The Morgan fingerprint density at radius 3 is 2.31 bits per heavy atom. The van der Waals surface area contributed by atoms with Crippen LogP contribution in [0.3, 0.4) is 0 Å². The number of piperidine rings is 1. The molecule has 5 unspecified atom stereocenters. The summed E-state index contributed by atoms with van der Waals surface area (Å²) in [6.07, 6.45) is 3.52. The third-order valence-electron chi connectivity index (χ3n) is 7.46. The molecule has 3 saturated heterocycles. The quantitative estimate of drug-likeness (QED) is 0.496. The molecule has 3 aliphatic heterocycles. The minimum atomic E-state index is -0.907. The van der Waals surface area contributed by atoms with Gasteiger partial charge in [0.1, 0.15) is 0 Å². The summed E-state index contributed by atoms with van der Waals surface area (Å²) >= 11 is 11.6. The molecule has 36 heavy (non-hydrogen) atoms. The van der Waals surface area contributed by atoms with Crippen molar-refractivity contribution in [2.45, 2.75) is 63.3 Å². The first kappa shape index (κ1) is 26.9. The molecule has 1 amide bonds. The van der Waals surface area contributed by atoms with Gasteiger partial charge < -0.3 is 14.7 Å². The van der Waals surface area contributed by atoms with E-state index in [1.54, 1.807) is 0 Å². The van der Waals surface area contributed by atoms with Gasteiger partial charge in [-0.25, -0.2) is 0 Å². The Bertz CT molecular complexity index is 1020. The molecule has 6 nitrogen and oxygen atoms in total. The molecule has 5 atom stereocenters. The lowest BCUT2D eigenvalue weighted by Gasteiger charge is -2.45. The zero-order valence-electron chi connectivity index (χ0n) is 20.6. The summed E-state index contributed by atoms with van der Waals surface area (Å²) in [6.45, 7) is 4.63. The average molecular weight is 533 g/mol. The van der Waals surface area contributed by atoms with Crippen LogP contribution in [0.2, 0.25) is 10.0 Å². The van der Waals surface area contributed by atoms with Gasteiger partial charge in [-0.2, -0.15) is 0 Å². The van der Waals surface area contributed by atoms with Gasteiger partial charge in [-0.1, -0.05) is 60.5 Å². The van der Waals surface area contributed by atoms with Crippen molar-refractivity contribution in [1.82, 2.24) is 9.80 Å². The van der Waals surface area contributed by atoms with E-state index in [1.807, 2.05) is 59.5 Å². The summed E-state index contributed by atoms with van der Waals surface area (Å²) in [4.78, 5) is 29.2. The van der Waals surface area contributed by atoms with E-state index in [1.165, 1.54) is 0 Å². The number of hydrogen-bond donors (Lipinski definition) is 1. The third-order valence-corrected chi connectivity index (χ3v) is 7.96. The SMILES string of the molecule is CCC(CN1CC2CC1CO2)N1C(=O)C(CC(=O)O)CCC1c1ccc(Cl)cc1.Clc1ccccc1. The van der Waals surface area contributed by atoms with Crippen LogP contribution < -0.4 is 0 Å². The fraction of sp³-hybridized carbons (Fsp3) is 0.500. The maximum absolute atomic E-state index is 13.4. The lowest BCUT2D eigenvalue weighted by atomic mass is 9.85. The largest absolute Gasteiger partial charge is 0.481 e. The molecule has 3 aliphatic rings. The van der Waals surface area contributed by atoms with Crippen LogP contribution in [0.5, 0.6) is 0 Å². The van der Waals surface area contributed by atoms with Crippen molar-refractivity contribution in [3.05, 3.63) is 70.2 Å². The maximum Gasteiger partial charge on any atom is 0.304 e. The summed E-state index contributed by atoms with van der Waals surface area (Å²) < 4.78 is 5.73. The van der Waals surface area contributed by atoms with Gasteiger partial charge >= 0.3 is 5.97 Å². The summed E-state index contributed by atoms with van der Waals surface area (Å²) in [5.74, 6) is -1.37. The number of carbonyl (C=O) groups is 2. The van der Waals surface area contributed by atoms with E-state index in [0.29, 0.717) is 23.6 Å². The molecule has 2 bridgehead atoms. The minimum Gasteiger partial charge on any atom is -0.481 e. The van der Waals surface area contributed by atoms with E-state index in [0.717, 1.165) is 49.5 Å². The molecule has 2 aromatic rings. The molecular formula is C28H34Cl2N2O4. The topological polar surface area (TPSA) is 70.1 Å². The first-order valence-corrected chi connectivity index (χ1v) is 13.5. The van der Waals surface area contributed by atoms with Crippen LogP contribution >= 0.6 is 23.2 Å². The fourth-order valence-corrected chi connectivity index (χ4v) is 5.91. The van der Waals surface area contributed by atoms with Crippen molar-refractivity contribution in [2.75, 3.05) is 19.7 Å². The molecule has 0 aliphatic carbocycles. The molecule has 2 aromatic carbocycles. The summed E-state index contributed by atoms with van der Waals surface area (Å²) in [7, 11) is 0. The maximum atomic E-state index is 13.4. The Hall–Kier alpha value is -2.12. The normalized spacial score (nSPS) is 26.4. The standard InChI is InChI=1S/C22H29ClN2O4.C6H5Cl/c1-2-17(11-24-12-19-10-18(24)13-29-19)25-20(14-3-6-16(23)7-4-14)8-5-15(22(25)28)9-21(26)27;7-6-4-2-1-3-5-6/h3-4,6-7,15,17-20H,2,5,8-13H2,1H3,(H,26,27);1-5H. The second kappa shape index (κ2) is 12.4. The van der Waals surface area contributed by atoms with E-state index in [4.69, 9.17) is 27.9 Å². The minimum absolute atomic E-state index is 0.0222. The first-order chi connectivity index (χ1) is 17.4. The van der Waals surface area contributed by atoms with Crippen molar-refractivity contribution in [2.24, 2.45) is 5.92 Å². The predicted molar refractivity (Wildman–Crippen MR) is 141 cm³/mol. The van der Waals surface area contributed by atoms with Crippen LogP contribution in [-0.2, 0) is 14.3 Å². The number of rotatable bonds is 7. The van der Waals surface area contributed by atoms with Crippen LogP contribution in [0.4, 0.5) is 0 Å². The highest BCUT2D eigenvalue weighted by atomic mass is 35.5. The van der Waals surface area contributed by atoms with Crippen molar-refractivity contribution in [3.63, 3.8) is 0 Å². The van der Waals surface area contributed by atoms with Crippen LogP contribution in [0, 0.1) is 5.92 Å². The number of fused-ring (bicyclic) bond motifs is 2. The van der Waals surface area contributed by atoms with Crippen LogP contribution in [0.25, 0.3) is 0 Å². The Labute approximate surface area is 223 Å². The lowest BCUT2D eigenvalue weighted by Crippen LogP contribution is -2.54. The number of nitrogens with zero attached hydrogens (tertiary/aromatic N) is 2. The van der Waals surface area contributed by atoms with Gasteiger partial charge in [-0.15, -0.1) is 0 Å². The zero-order chi connectivity index (χ0) is 25.7. The Morgan fingerprint density at radius 1 is 1.08 bits per heavy atom. The number of carboxylic acids is 1. The lowest BCUT2D eigenvalue weighted by molar-refractivity contribution is -0.152. The number of ether oxygens (including phenoxy) is 1. The number of halogens is 2. The number of amides is 1. The van der Waals surface area contributed by atoms with Crippen molar-refractivity contribution in [1.29, 1.82) is 0 Å². The van der Waals surface area contributed by atoms with Crippen LogP contribution in [-0.4, -0.2) is 64.7 Å². The van der Waals surface area contributed by atoms with Crippen molar-refractivity contribution in [3.8, 4) is 0 Å². The van der Waals surface area contributed by atoms with E-state index >= 15 is 0 Å². The van der Waals surface area contributed by atoms with Gasteiger partial charge in [0.15, 0.2) is 0 Å². The summed E-state index contributed by atoms with van der Waals surface area (Å²) in [6, 6.07) is 17.6. The molecule has 1 N–H and O–H groups in total. The van der Waals surface area contributed by atoms with Crippen LogP contribution in [0.15, 0.2) is 54.6 Å². The van der Waals surface area contributed by atoms with Gasteiger partial charge in [0.25, 0.3) is 0 Å². The highest BCUT2D eigenvalue weighted by Gasteiger charge is 2.44. The number of aliphatic carboxylic acids is 1. The van der Waals surface area contributed by atoms with E-state index < -0.39 is 11.9 Å².